The molecule has 1 atom stereocenters. The molecule has 0 aliphatic carbocycles. The smallest absolute Gasteiger partial charge is 0.273 e. The molecule has 0 N–H and O–H groups in total. The first-order chi connectivity index (χ1) is 11.0. The Morgan fingerprint density at radius 2 is 1.91 bits per heavy atom. The zero-order chi connectivity index (χ0) is 16.4. The zero-order valence-electron chi connectivity index (χ0n) is 12.7. The lowest BCUT2D eigenvalue weighted by molar-refractivity contribution is -0.385. The predicted molar refractivity (Wildman–Crippen MR) is 86.4 cm³/mol. The number of rotatable bonds is 5. The van der Waals surface area contributed by atoms with Gasteiger partial charge in [-0.05, 0) is 6.42 Å². The second kappa shape index (κ2) is 6.38. The summed E-state index contributed by atoms with van der Waals surface area (Å²) in [6, 6.07) is 6.24. The third kappa shape index (κ3) is 3.44. The first kappa shape index (κ1) is 16.1. The fourth-order valence-corrected chi connectivity index (χ4v) is 4.76. The largest absolute Gasteiger partial charge is 0.292 e. The molecule has 0 bridgehead atoms. The van der Waals surface area contributed by atoms with Crippen molar-refractivity contribution in [2.45, 2.75) is 18.2 Å². The summed E-state index contributed by atoms with van der Waals surface area (Å²) in [6.45, 7) is 2.67. The minimum Gasteiger partial charge on any atom is -0.292 e. The van der Waals surface area contributed by atoms with E-state index in [9.17, 15) is 18.5 Å². The van der Waals surface area contributed by atoms with Crippen LogP contribution < -0.4 is 0 Å². The van der Waals surface area contributed by atoms with Crippen molar-refractivity contribution in [3.8, 4) is 0 Å². The molecule has 2 aliphatic rings. The van der Waals surface area contributed by atoms with E-state index >= 15 is 0 Å². The second-order valence-corrected chi connectivity index (χ2v) is 7.84. The van der Waals surface area contributed by atoms with Crippen molar-refractivity contribution in [1.29, 1.82) is 0 Å². The van der Waals surface area contributed by atoms with Crippen LogP contribution in [0.15, 0.2) is 36.4 Å². The first-order valence-corrected chi connectivity index (χ1v) is 9.17. The van der Waals surface area contributed by atoms with Gasteiger partial charge < -0.3 is 0 Å². The number of sulfonamides is 1. The van der Waals surface area contributed by atoms with Crippen molar-refractivity contribution < 1.29 is 13.3 Å². The quantitative estimate of drug-likeness (QED) is 0.460. The molecule has 1 aromatic carbocycles. The van der Waals surface area contributed by atoms with Crippen LogP contribution in [0.25, 0.3) is 0 Å². The number of nitro groups is 1. The zero-order valence-corrected chi connectivity index (χ0v) is 13.5. The lowest BCUT2D eigenvalue weighted by Crippen LogP contribution is -2.37. The van der Waals surface area contributed by atoms with E-state index in [4.69, 9.17) is 0 Å². The lowest BCUT2D eigenvalue weighted by Gasteiger charge is -2.23. The third-order valence-corrected chi connectivity index (χ3v) is 6.20. The van der Waals surface area contributed by atoms with Gasteiger partial charge in [0, 0.05) is 43.9 Å². The summed E-state index contributed by atoms with van der Waals surface area (Å²) in [5, 5.41) is 11.0. The molecule has 0 saturated carbocycles. The van der Waals surface area contributed by atoms with E-state index in [0.717, 1.165) is 19.5 Å². The maximum absolute atomic E-state index is 12.6. The van der Waals surface area contributed by atoms with Gasteiger partial charge in [-0.25, -0.2) is 12.7 Å². The molecular weight excluding hydrogens is 318 g/mol. The van der Waals surface area contributed by atoms with Crippen molar-refractivity contribution in [2.75, 3.05) is 26.2 Å². The van der Waals surface area contributed by atoms with Crippen molar-refractivity contribution in [3.63, 3.8) is 0 Å². The molecule has 0 spiro atoms. The van der Waals surface area contributed by atoms with Crippen LogP contribution in [0.3, 0.4) is 0 Å². The summed E-state index contributed by atoms with van der Waals surface area (Å²) in [4.78, 5) is 12.8. The maximum Gasteiger partial charge on any atom is 0.273 e. The molecule has 23 heavy (non-hydrogen) atoms. The topological polar surface area (TPSA) is 83.8 Å². The summed E-state index contributed by atoms with van der Waals surface area (Å²) in [6.07, 6.45) is 4.98. The monoisotopic (exact) mass is 337 g/mol. The van der Waals surface area contributed by atoms with Crippen LogP contribution >= 0.6 is 0 Å². The van der Waals surface area contributed by atoms with E-state index in [1.54, 1.807) is 12.1 Å². The van der Waals surface area contributed by atoms with Crippen LogP contribution in [0, 0.1) is 10.1 Å². The molecule has 0 radical (unpaired) electrons. The van der Waals surface area contributed by atoms with Gasteiger partial charge in [0.25, 0.3) is 5.69 Å². The Kier molecular flexibility index (Phi) is 4.47. The average molecular weight is 337 g/mol. The summed E-state index contributed by atoms with van der Waals surface area (Å²) in [5.41, 5.74) is 0.0966. The maximum atomic E-state index is 12.6. The number of hydrogen-bond acceptors (Lipinski definition) is 5. The van der Waals surface area contributed by atoms with Crippen LogP contribution in [-0.2, 0) is 15.8 Å². The molecule has 1 fully saturated rings. The van der Waals surface area contributed by atoms with Gasteiger partial charge in [-0.1, -0.05) is 30.4 Å². The van der Waals surface area contributed by atoms with E-state index in [1.165, 1.54) is 16.4 Å². The molecule has 2 aliphatic heterocycles. The molecule has 0 amide bonds. The van der Waals surface area contributed by atoms with Crippen LogP contribution in [0.5, 0.6) is 0 Å². The van der Waals surface area contributed by atoms with E-state index in [-0.39, 0.29) is 23.0 Å². The average Bonchev–Trinajstić information content (AvgIpc) is 3.18. The Bertz CT molecular complexity index is 724. The summed E-state index contributed by atoms with van der Waals surface area (Å²) in [5.74, 6) is -0.324. The number of hydrogen-bond donors (Lipinski definition) is 0. The van der Waals surface area contributed by atoms with E-state index in [0.29, 0.717) is 13.1 Å². The first-order valence-electron chi connectivity index (χ1n) is 7.56. The predicted octanol–water partition coefficient (Wildman–Crippen LogP) is 1.37. The third-order valence-electron chi connectivity index (χ3n) is 4.41. The number of benzene rings is 1. The van der Waals surface area contributed by atoms with Gasteiger partial charge in [-0.3, -0.25) is 15.0 Å². The highest BCUT2D eigenvalue weighted by atomic mass is 32.2. The highest BCUT2D eigenvalue weighted by molar-refractivity contribution is 7.88. The van der Waals surface area contributed by atoms with Gasteiger partial charge in [0.1, 0.15) is 0 Å². The Morgan fingerprint density at radius 3 is 2.61 bits per heavy atom. The van der Waals surface area contributed by atoms with Gasteiger partial charge in [0.15, 0.2) is 0 Å². The molecule has 2 heterocycles. The van der Waals surface area contributed by atoms with Crippen molar-refractivity contribution in [2.24, 2.45) is 0 Å². The highest BCUT2D eigenvalue weighted by Crippen LogP contribution is 2.25. The van der Waals surface area contributed by atoms with Crippen molar-refractivity contribution in [1.82, 2.24) is 9.21 Å². The number of nitrogens with zero attached hydrogens (tertiary/aromatic N) is 3. The SMILES string of the molecule is O=[N+]([O-])c1ccccc1CS(=O)(=O)N1CCC(N2CC=CC2)C1. The van der Waals surface area contributed by atoms with Gasteiger partial charge in [-0.2, -0.15) is 0 Å². The molecule has 8 heteroatoms. The van der Waals surface area contributed by atoms with E-state index in [2.05, 4.69) is 17.1 Å². The molecule has 1 aromatic rings. The molecule has 7 nitrogen and oxygen atoms in total. The molecule has 124 valence electrons. The van der Waals surface area contributed by atoms with Gasteiger partial charge in [-0.15, -0.1) is 0 Å². The van der Waals surface area contributed by atoms with Gasteiger partial charge in [0.05, 0.1) is 10.7 Å². The van der Waals surface area contributed by atoms with Crippen LogP contribution in [-0.4, -0.2) is 54.8 Å². The number of para-hydroxylation sites is 1. The number of nitro benzene ring substituents is 1. The fraction of sp³-hybridized carbons (Fsp3) is 0.467. The lowest BCUT2D eigenvalue weighted by atomic mass is 10.2. The van der Waals surface area contributed by atoms with Crippen LogP contribution in [0.4, 0.5) is 5.69 Å². The molecule has 0 aromatic heterocycles. The summed E-state index contributed by atoms with van der Waals surface area (Å²) < 4.78 is 26.7. The minimum atomic E-state index is -3.55. The highest BCUT2D eigenvalue weighted by Gasteiger charge is 2.35. The molecule has 1 unspecified atom stereocenters. The van der Waals surface area contributed by atoms with E-state index < -0.39 is 14.9 Å². The standard InChI is InChI=1S/C15H19N3O4S/c19-18(20)15-6-2-1-5-13(15)12-23(21,22)17-10-7-14(11-17)16-8-3-4-9-16/h1-6,14H,7-12H2. The van der Waals surface area contributed by atoms with Crippen molar-refractivity contribution >= 4 is 15.7 Å². The minimum absolute atomic E-state index is 0.143. The van der Waals surface area contributed by atoms with Gasteiger partial charge >= 0.3 is 0 Å². The molecular formula is C15H19N3O4S. The fourth-order valence-electron chi connectivity index (χ4n) is 3.15. The Balaban J connectivity index is 1.72. The normalized spacial score (nSPS) is 22.7. The Hall–Kier alpha value is -1.77. The van der Waals surface area contributed by atoms with E-state index in [1.807, 2.05) is 0 Å². The molecule has 1 saturated heterocycles. The second-order valence-electron chi connectivity index (χ2n) is 5.87. The van der Waals surface area contributed by atoms with Crippen LogP contribution in [0.2, 0.25) is 0 Å². The Labute approximate surface area is 135 Å². The molecule has 3 rings (SSSR count). The summed E-state index contributed by atoms with van der Waals surface area (Å²) >= 11 is 0. The van der Waals surface area contributed by atoms with Crippen LogP contribution in [0.1, 0.15) is 12.0 Å². The van der Waals surface area contributed by atoms with Gasteiger partial charge in [0.2, 0.25) is 10.0 Å². The van der Waals surface area contributed by atoms with Crippen molar-refractivity contribution in [3.05, 3.63) is 52.1 Å². The summed E-state index contributed by atoms with van der Waals surface area (Å²) in [7, 11) is -3.55. The Morgan fingerprint density at radius 1 is 1.22 bits per heavy atom.